The van der Waals surface area contributed by atoms with Gasteiger partial charge in [-0.05, 0) is 39.7 Å². The Labute approximate surface area is 182 Å². The zero-order chi connectivity index (χ0) is 22.0. The molecule has 1 aliphatic rings. The highest BCUT2D eigenvalue weighted by atomic mass is 16.2. The maximum Gasteiger partial charge on any atom is 0.254 e. The summed E-state index contributed by atoms with van der Waals surface area (Å²) in [6.45, 7) is 7.70. The maximum absolute atomic E-state index is 13.6. The van der Waals surface area contributed by atoms with Crippen LogP contribution in [0.25, 0.3) is 22.3 Å². The van der Waals surface area contributed by atoms with E-state index in [1.165, 1.54) is 0 Å². The van der Waals surface area contributed by atoms with Crippen molar-refractivity contribution in [2.24, 2.45) is 5.92 Å². The van der Waals surface area contributed by atoms with Gasteiger partial charge in [0.05, 0.1) is 28.8 Å². The molecule has 1 unspecified atom stereocenters. The van der Waals surface area contributed by atoms with E-state index in [0.29, 0.717) is 30.8 Å². The summed E-state index contributed by atoms with van der Waals surface area (Å²) in [7, 11) is 0. The molecule has 1 atom stereocenters. The Hall–Kier alpha value is -3.22. The molecule has 0 bridgehead atoms. The molecule has 0 radical (unpaired) electrons. The standard InChI is InChI=1S/C24H29N5O2/c1-4-25-23(30)18-11-8-12-28(15-18)24(31)19-13-21(17-9-6-5-7-10-17)27-22-20(19)14-26-29(22)16(2)3/h5-7,9-10,13-14,16,18H,4,8,11-12,15H2,1-3H3,(H,25,30). The van der Waals surface area contributed by atoms with Gasteiger partial charge < -0.3 is 10.2 Å². The quantitative estimate of drug-likeness (QED) is 0.684. The van der Waals surface area contributed by atoms with Gasteiger partial charge in [-0.15, -0.1) is 0 Å². The predicted octanol–water partition coefficient (Wildman–Crippen LogP) is 3.67. The third-order valence-corrected chi connectivity index (χ3v) is 5.79. The molecule has 0 saturated carbocycles. The van der Waals surface area contributed by atoms with Crippen molar-refractivity contribution in [2.45, 2.75) is 39.7 Å². The van der Waals surface area contributed by atoms with Crippen LogP contribution in [-0.4, -0.2) is 51.1 Å². The zero-order valence-corrected chi connectivity index (χ0v) is 18.3. The smallest absolute Gasteiger partial charge is 0.254 e. The predicted molar refractivity (Wildman–Crippen MR) is 121 cm³/mol. The second kappa shape index (κ2) is 8.88. The second-order valence-corrected chi connectivity index (χ2v) is 8.33. The molecule has 3 aromatic rings. The second-order valence-electron chi connectivity index (χ2n) is 8.33. The molecule has 2 aromatic heterocycles. The first-order valence-corrected chi connectivity index (χ1v) is 11.0. The van der Waals surface area contributed by atoms with E-state index in [4.69, 9.17) is 4.98 Å². The Kier molecular flexibility index (Phi) is 6.02. The normalized spacial score (nSPS) is 16.6. The fraction of sp³-hybridized carbons (Fsp3) is 0.417. The number of pyridine rings is 1. The lowest BCUT2D eigenvalue weighted by Crippen LogP contribution is -2.45. The molecular weight excluding hydrogens is 390 g/mol. The van der Waals surface area contributed by atoms with Gasteiger partial charge in [-0.3, -0.25) is 9.59 Å². The average Bonchev–Trinajstić information content (AvgIpc) is 3.23. The Bertz CT molecular complexity index is 1090. The van der Waals surface area contributed by atoms with Crippen molar-refractivity contribution >= 4 is 22.8 Å². The molecule has 0 spiro atoms. The molecular formula is C24H29N5O2. The Morgan fingerprint density at radius 2 is 2.00 bits per heavy atom. The van der Waals surface area contributed by atoms with Crippen LogP contribution in [0.1, 0.15) is 50.0 Å². The summed E-state index contributed by atoms with van der Waals surface area (Å²) in [6.07, 6.45) is 3.36. The molecule has 162 valence electrons. The van der Waals surface area contributed by atoms with Crippen molar-refractivity contribution in [3.05, 3.63) is 48.2 Å². The van der Waals surface area contributed by atoms with E-state index >= 15 is 0 Å². The van der Waals surface area contributed by atoms with Crippen molar-refractivity contribution in [1.82, 2.24) is 25.0 Å². The van der Waals surface area contributed by atoms with Crippen molar-refractivity contribution in [3.8, 4) is 11.3 Å². The zero-order valence-electron chi connectivity index (χ0n) is 18.3. The number of carbonyl (C=O) groups is 2. The Morgan fingerprint density at radius 1 is 1.23 bits per heavy atom. The first-order chi connectivity index (χ1) is 15.0. The molecule has 1 aliphatic heterocycles. The number of carbonyl (C=O) groups excluding carboxylic acids is 2. The highest BCUT2D eigenvalue weighted by Crippen LogP contribution is 2.28. The van der Waals surface area contributed by atoms with Gasteiger partial charge in [-0.1, -0.05) is 30.3 Å². The highest BCUT2D eigenvalue weighted by Gasteiger charge is 2.30. The van der Waals surface area contributed by atoms with Crippen LogP contribution in [0.4, 0.5) is 0 Å². The summed E-state index contributed by atoms with van der Waals surface area (Å²) < 4.78 is 1.85. The van der Waals surface area contributed by atoms with Crippen molar-refractivity contribution < 1.29 is 9.59 Å². The van der Waals surface area contributed by atoms with E-state index in [1.807, 2.05) is 61.9 Å². The summed E-state index contributed by atoms with van der Waals surface area (Å²) in [4.78, 5) is 32.6. The van der Waals surface area contributed by atoms with Crippen LogP contribution in [0.5, 0.6) is 0 Å². The number of hydrogen-bond acceptors (Lipinski definition) is 4. The summed E-state index contributed by atoms with van der Waals surface area (Å²) in [6, 6.07) is 11.9. The molecule has 7 heteroatoms. The highest BCUT2D eigenvalue weighted by molar-refractivity contribution is 6.06. The van der Waals surface area contributed by atoms with Gasteiger partial charge in [0.15, 0.2) is 5.65 Å². The first-order valence-electron chi connectivity index (χ1n) is 11.0. The fourth-order valence-electron chi connectivity index (χ4n) is 4.19. The summed E-state index contributed by atoms with van der Waals surface area (Å²) in [5.41, 5.74) is 2.99. The molecule has 4 rings (SSSR count). The lowest BCUT2D eigenvalue weighted by atomic mass is 9.96. The molecule has 3 heterocycles. The summed E-state index contributed by atoms with van der Waals surface area (Å²) >= 11 is 0. The lowest BCUT2D eigenvalue weighted by molar-refractivity contribution is -0.126. The monoisotopic (exact) mass is 419 g/mol. The minimum Gasteiger partial charge on any atom is -0.356 e. The molecule has 1 N–H and O–H groups in total. The molecule has 1 fully saturated rings. The summed E-state index contributed by atoms with van der Waals surface area (Å²) in [5.74, 6) is -0.207. The fourth-order valence-corrected chi connectivity index (χ4v) is 4.19. The van der Waals surface area contributed by atoms with Crippen molar-refractivity contribution in [1.29, 1.82) is 0 Å². The van der Waals surface area contributed by atoms with Crippen LogP contribution in [0.15, 0.2) is 42.6 Å². The largest absolute Gasteiger partial charge is 0.356 e. The third-order valence-electron chi connectivity index (χ3n) is 5.79. The van der Waals surface area contributed by atoms with Crippen molar-refractivity contribution in [2.75, 3.05) is 19.6 Å². The van der Waals surface area contributed by atoms with Crippen LogP contribution >= 0.6 is 0 Å². The van der Waals surface area contributed by atoms with E-state index in [-0.39, 0.29) is 23.8 Å². The van der Waals surface area contributed by atoms with Crippen LogP contribution in [0.2, 0.25) is 0 Å². The molecule has 7 nitrogen and oxygen atoms in total. The molecule has 2 amide bonds. The van der Waals surface area contributed by atoms with Gasteiger partial charge in [-0.25, -0.2) is 9.67 Å². The SMILES string of the molecule is CCNC(=O)C1CCCN(C(=O)c2cc(-c3ccccc3)nc3c2cnn3C(C)C)C1. The minimum absolute atomic E-state index is 0.0254. The molecule has 1 aromatic carbocycles. The molecule has 31 heavy (non-hydrogen) atoms. The lowest BCUT2D eigenvalue weighted by Gasteiger charge is -2.32. The number of nitrogens with one attached hydrogen (secondary N) is 1. The number of nitrogens with zero attached hydrogens (tertiary/aromatic N) is 4. The number of fused-ring (bicyclic) bond motifs is 1. The van der Waals surface area contributed by atoms with Gasteiger partial charge in [0.1, 0.15) is 0 Å². The van der Waals surface area contributed by atoms with Gasteiger partial charge in [-0.2, -0.15) is 5.10 Å². The van der Waals surface area contributed by atoms with Gasteiger partial charge in [0, 0.05) is 31.2 Å². The van der Waals surface area contributed by atoms with Crippen LogP contribution < -0.4 is 5.32 Å². The maximum atomic E-state index is 13.6. The van der Waals surface area contributed by atoms with E-state index in [2.05, 4.69) is 10.4 Å². The molecule has 1 saturated heterocycles. The van der Waals surface area contributed by atoms with Crippen LogP contribution in [0.3, 0.4) is 0 Å². The van der Waals surface area contributed by atoms with Crippen molar-refractivity contribution in [3.63, 3.8) is 0 Å². The summed E-state index contributed by atoms with van der Waals surface area (Å²) in [5, 5.41) is 8.14. The number of likely N-dealkylation sites (tertiary alicyclic amines) is 1. The average molecular weight is 420 g/mol. The van der Waals surface area contributed by atoms with Gasteiger partial charge >= 0.3 is 0 Å². The van der Waals surface area contributed by atoms with E-state index in [1.54, 1.807) is 11.1 Å². The Morgan fingerprint density at radius 3 is 2.71 bits per heavy atom. The van der Waals surface area contributed by atoms with E-state index in [0.717, 1.165) is 29.5 Å². The van der Waals surface area contributed by atoms with E-state index < -0.39 is 0 Å². The number of amides is 2. The number of aromatic nitrogens is 3. The van der Waals surface area contributed by atoms with E-state index in [9.17, 15) is 9.59 Å². The number of rotatable bonds is 5. The topological polar surface area (TPSA) is 80.1 Å². The molecule has 0 aliphatic carbocycles. The van der Waals surface area contributed by atoms with Gasteiger partial charge in [0.25, 0.3) is 5.91 Å². The number of benzene rings is 1. The first kappa shape index (κ1) is 21.0. The Balaban J connectivity index is 1.75. The number of hydrogen-bond donors (Lipinski definition) is 1. The van der Waals surface area contributed by atoms with Crippen LogP contribution in [-0.2, 0) is 4.79 Å². The number of piperidine rings is 1. The third kappa shape index (κ3) is 4.17. The van der Waals surface area contributed by atoms with Gasteiger partial charge in [0.2, 0.25) is 5.91 Å². The minimum atomic E-state index is -0.165. The van der Waals surface area contributed by atoms with Crippen LogP contribution in [0, 0.1) is 5.92 Å².